The summed E-state index contributed by atoms with van der Waals surface area (Å²) in [5.41, 5.74) is 10.4. The number of nitrogens with one attached hydrogen (secondary N) is 3. The van der Waals surface area contributed by atoms with Crippen LogP contribution in [0.25, 0.3) is 5.70 Å². The fourth-order valence-corrected chi connectivity index (χ4v) is 4.70. The summed E-state index contributed by atoms with van der Waals surface area (Å²) in [5.74, 6) is 1.39. The van der Waals surface area contributed by atoms with Crippen molar-refractivity contribution in [3.63, 3.8) is 0 Å². The summed E-state index contributed by atoms with van der Waals surface area (Å²) >= 11 is 0. The highest BCUT2D eigenvalue weighted by Crippen LogP contribution is 2.33. The second-order valence-corrected chi connectivity index (χ2v) is 9.40. The Labute approximate surface area is 196 Å². The first-order valence-electron chi connectivity index (χ1n) is 11.7. The van der Waals surface area contributed by atoms with Crippen LogP contribution < -0.4 is 16.0 Å². The molecule has 0 spiro atoms. The van der Waals surface area contributed by atoms with Crippen molar-refractivity contribution >= 4 is 28.8 Å². The third kappa shape index (κ3) is 4.18. The van der Waals surface area contributed by atoms with Gasteiger partial charge in [0.25, 0.3) is 0 Å². The summed E-state index contributed by atoms with van der Waals surface area (Å²) in [6.07, 6.45) is 2.93. The molecule has 3 N–H and O–H groups in total. The number of aryl methyl sites for hydroxylation is 2. The average Bonchev–Trinajstić information content (AvgIpc) is 3.18. The first-order chi connectivity index (χ1) is 15.9. The molecule has 2 aliphatic heterocycles. The molecule has 2 aromatic carbocycles. The van der Waals surface area contributed by atoms with Crippen LogP contribution in [0.1, 0.15) is 47.2 Å². The first kappa shape index (κ1) is 21.5. The van der Waals surface area contributed by atoms with Gasteiger partial charge in [-0.3, -0.25) is 4.90 Å². The van der Waals surface area contributed by atoms with E-state index in [2.05, 4.69) is 83.5 Å². The van der Waals surface area contributed by atoms with Crippen molar-refractivity contribution in [1.82, 2.24) is 20.2 Å². The van der Waals surface area contributed by atoms with Crippen LogP contribution in [0.15, 0.2) is 43.1 Å². The zero-order valence-electron chi connectivity index (χ0n) is 19.9. The molecule has 6 heteroatoms. The van der Waals surface area contributed by atoms with Crippen molar-refractivity contribution in [2.75, 3.05) is 17.2 Å². The van der Waals surface area contributed by atoms with Crippen molar-refractivity contribution in [2.45, 2.75) is 53.2 Å². The minimum atomic E-state index is 0.571. The Hall–Kier alpha value is -3.38. The van der Waals surface area contributed by atoms with Crippen LogP contribution in [0.3, 0.4) is 0 Å². The van der Waals surface area contributed by atoms with E-state index in [1.807, 2.05) is 13.1 Å². The average molecular weight is 441 g/mol. The van der Waals surface area contributed by atoms with Gasteiger partial charge in [-0.25, -0.2) is 4.98 Å². The Balaban J connectivity index is 1.40. The molecule has 3 aromatic rings. The van der Waals surface area contributed by atoms with Crippen LogP contribution in [0.5, 0.6) is 0 Å². The number of hydrogen-bond donors (Lipinski definition) is 3. The highest BCUT2D eigenvalue weighted by atomic mass is 15.2. The quantitative estimate of drug-likeness (QED) is 0.492. The second kappa shape index (κ2) is 8.52. The molecule has 33 heavy (non-hydrogen) atoms. The van der Waals surface area contributed by atoms with Gasteiger partial charge in [0.1, 0.15) is 5.82 Å². The van der Waals surface area contributed by atoms with E-state index in [0.29, 0.717) is 12.0 Å². The molecule has 6 nitrogen and oxygen atoms in total. The van der Waals surface area contributed by atoms with Gasteiger partial charge in [0.15, 0.2) is 0 Å². The highest BCUT2D eigenvalue weighted by molar-refractivity contribution is 5.82. The number of fused-ring (bicyclic) bond motifs is 2. The van der Waals surface area contributed by atoms with Crippen LogP contribution in [0.4, 0.5) is 23.1 Å². The monoisotopic (exact) mass is 440 g/mol. The van der Waals surface area contributed by atoms with Gasteiger partial charge in [-0.15, -0.1) is 0 Å². The van der Waals surface area contributed by atoms with E-state index in [1.165, 1.54) is 22.3 Å². The first-order valence-corrected chi connectivity index (χ1v) is 11.7. The Morgan fingerprint density at radius 1 is 1.03 bits per heavy atom. The van der Waals surface area contributed by atoms with Crippen LogP contribution in [0.2, 0.25) is 0 Å². The van der Waals surface area contributed by atoms with Crippen LogP contribution >= 0.6 is 0 Å². The van der Waals surface area contributed by atoms with Crippen molar-refractivity contribution in [1.29, 1.82) is 0 Å². The summed E-state index contributed by atoms with van der Waals surface area (Å²) in [5, 5.41) is 10.3. The topological polar surface area (TPSA) is 65.1 Å². The molecular formula is C27H32N6. The predicted molar refractivity (Wildman–Crippen MR) is 136 cm³/mol. The third-order valence-corrected chi connectivity index (χ3v) is 6.73. The number of hydrogen-bond acceptors (Lipinski definition) is 6. The predicted octanol–water partition coefficient (Wildman–Crippen LogP) is 5.42. The summed E-state index contributed by atoms with van der Waals surface area (Å²) in [7, 11) is 0. The number of rotatable bonds is 5. The SMILES string of the molecule is C=C1NCc2cccc(Nc3nc(Nc4cc5c(cc4C)CN(C(C)C)CC5)ncc3C)c21. The molecule has 0 radical (unpaired) electrons. The van der Waals surface area contributed by atoms with Gasteiger partial charge in [0.2, 0.25) is 5.95 Å². The van der Waals surface area contributed by atoms with E-state index in [-0.39, 0.29) is 0 Å². The minimum absolute atomic E-state index is 0.571. The van der Waals surface area contributed by atoms with Crippen molar-refractivity contribution in [3.05, 3.63) is 76.5 Å². The van der Waals surface area contributed by atoms with E-state index in [9.17, 15) is 0 Å². The van der Waals surface area contributed by atoms with Crippen LogP contribution in [0, 0.1) is 13.8 Å². The molecule has 0 saturated carbocycles. The molecular weight excluding hydrogens is 408 g/mol. The smallest absolute Gasteiger partial charge is 0.229 e. The van der Waals surface area contributed by atoms with E-state index in [1.54, 1.807) is 0 Å². The van der Waals surface area contributed by atoms with Gasteiger partial charge < -0.3 is 16.0 Å². The summed E-state index contributed by atoms with van der Waals surface area (Å²) in [6, 6.07) is 11.4. The zero-order chi connectivity index (χ0) is 23.1. The van der Waals surface area contributed by atoms with E-state index in [4.69, 9.17) is 4.98 Å². The molecule has 0 saturated heterocycles. The zero-order valence-corrected chi connectivity index (χ0v) is 19.9. The standard InChI is InChI=1S/C27H32N6/c1-16(2)33-10-9-20-12-24(17(3)11-22(20)15-33)31-27-29-13-18(4)26(32-27)30-23-8-6-7-21-14-28-19(5)25(21)23/h6-8,11-13,16,28H,5,9-10,14-15H2,1-4H3,(H2,29,30,31,32). The second-order valence-electron chi connectivity index (χ2n) is 9.40. The van der Waals surface area contributed by atoms with Crippen molar-refractivity contribution in [3.8, 4) is 0 Å². The van der Waals surface area contributed by atoms with Gasteiger partial charge in [-0.1, -0.05) is 24.8 Å². The maximum Gasteiger partial charge on any atom is 0.229 e. The Morgan fingerprint density at radius 2 is 1.88 bits per heavy atom. The molecule has 0 fully saturated rings. The molecule has 2 aliphatic rings. The van der Waals surface area contributed by atoms with E-state index >= 15 is 0 Å². The summed E-state index contributed by atoms with van der Waals surface area (Å²) in [4.78, 5) is 11.9. The van der Waals surface area contributed by atoms with E-state index in [0.717, 1.165) is 60.1 Å². The third-order valence-electron chi connectivity index (χ3n) is 6.73. The highest BCUT2D eigenvalue weighted by Gasteiger charge is 2.21. The lowest BCUT2D eigenvalue weighted by Gasteiger charge is -2.32. The van der Waals surface area contributed by atoms with Gasteiger partial charge in [0.05, 0.1) is 0 Å². The normalized spacial score (nSPS) is 15.2. The largest absolute Gasteiger partial charge is 0.381 e. The van der Waals surface area contributed by atoms with Crippen LogP contribution in [-0.2, 0) is 19.5 Å². The van der Waals surface area contributed by atoms with E-state index < -0.39 is 0 Å². The Kier molecular flexibility index (Phi) is 5.54. The van der Waals surface area contributed by atoms with Gasteiger partial charge in [-0.2, -0.15) is 4.98 Å². The summed E-state index contributed by atoms with van der Waals surface area (Å²) in [6.45, 7) is 15.8. The lowest BCUT2D eigenvalue weighted by atomic mass is 9.95. The fraction of sp³-hybridized carbons (Fsp3) is 0.333. The molecule has 5 rings (SSSR count). The van der Waals surface area contributed by atoms with Gasteiger partial charge in [0, 0.05) is 60.1 Å². The van der Waals surface area contributed by atoms with Gasteiger partial charge >= 0.3 is 0 Å². The maximum atomic E-state index is 4.81. The lowest BCUT2D eigenvalue weighted by Crippen LogP contribution is -2.35. The molecule has 0 amide bonds. The number of aromatic nitrogens is 2. The molecule has 0 bridgehead atoms. The summed E-state index contributed by atoms with van der Waals surface area (Å²) < 4.78 is 0. The molecule has 1 aromatic heterocycles. The van der Waals surface area contributed by atoms with Crippen molar-refractivity contribution < 1.29 is 0 Å². The van der Waals surface area contributed by atoms with Crippen LogP contribution in [-0.4, -0.2) is 27.5 Å². The van der Waals surface area contributed by atoms with Crippen molar-refractivity contribution in [2.24, 2.45) is 0 Å². The number of benzene rings is 2. The molecule has 170 valence electrons. The molecule has 0 aliphatic carbocycles. The Morgan fingerprint density at radius 3 is 2.70 bits per heavy atom. The maximum absolute atomic E-state index is 4.81. The molecule has 0 atom stereocenters. The van der Waals surface area contributed by atoms with Gasteiger partial charge in [-0.05, 0) is 68.5 Å². The fourth-order valence-electron chi connectivity index (χ4n) is 4.70. The molecule has 0 unspecified atom stereocenters. The lowest BCUT2D eigenvalue weighted by molar-refractivity contribution is 0.203. The minimum Gasteiger partial charge on any atom is -0.381 e. The Bertz CT molecular complexity index is 1230. The number of anilines is 4. The molecule has 3 heterocycles. The number of nitrogens with zero attached hydrogens (tertiary/aromatic N) is 3.